The Morgan fingerprint density at radius 3 is 2.61 bits per heavy atom. The Balaban J connectivity index is 1.47. The van der Waals surface area contributed by atoms with Crippen molar-refractivity contribution in [1.29, 1.82) is 0 Å². The van der Waals surface area contributed by atoms with Crippen molar-refractivity contribution < 1.29 is 33.3 Å². The number of carbonyl (C=O) groups is 2. The summed E-state index contributed by atoms with van der Waals surface area (Å²) in [7, 11) is 3.08. The second kappa shape index (κ2) is 10.5. The molecule has 41 heavy (non-hydrogen) atoms. The highest BCUT2D eigenvalue weighted by atomic mass is 32.1. The van der Waals surface area contributed by atoms with Gasteiger partial charge in [-0.1, -0.05) is 48.3 Å². The first-order valence-corrected chi connectivity index (χ1v) is 13.4. The van der Waals surface area contributed by atoms with Crippen molar-refractivity contribution in [3.05, 3.63) is 102 Å². The van der Waals surface area contributed by atoms with Gasteiger partial charge in [-0.15, -0.1) is 0 Å². The number of ether oxygens (including phenoxy) is 3. The van der Waals surface area contributed by atoms with Crippen molar-refractivity contribution in [3.63, 3.8) is 0 Å². The summed E-state index contributed by atoms with van der Waals surface area (Å²) >= 11 is 1.25. The van der Waals surface area contributed by atoms with E-state index >= 15 is 0 Å². The van der Waals surface area contributed by atoms with Gasteiger partial charge in [0.15, 0.2) is 28.0 Å². The standard InChI is InChI=1S/C31H24N2O7S/c1-4-14-39-19-10-8-17(9-11-19)26-25(27(34)23-15-18-6-5-7-22(38-3)29(18)40-23)28(35)30(36)33(26)31-32-21-13-12-20(37-2)16-24(21)41-31/h4-13,15-16,26,35H,1,14H2,2-3H3. The fraction of sp³-hybridized carbons (Fsp3) is 0.129. The number of hydrogen-bond donors (Lipinski definition) is 1. The summed E-state index contributed by atoms with van der Waals surface area (Å²) in [6, 6.07) is 18.2. The second-order valence-corrected chi connectivity index (χ2v) is 10.2. The van der Waals surface area contributed by atoms with Gasteiger partial charge in [0, 0.05) is 5.39 Å². The smallest absolute Gasteiger partial charge is 0.296 e. The van der Waals surface area contributed by atoms with Crippen molar-refractivity contribution >= 4 is 49.3 Å². The first-order chi connectivity index (χ1) is 19.9. The van der Waals surface area contributed by atoms with Crippen LogP contribution in [0.15, 0.2) is 95.1 Å². The van der Waals surface area contributed by atoms with Gasteiger partial charge in [-0.05, 0) is 48.0 Å². The molecule has 0 bridgehead atoms. The summed E-state index contributed by atoms with van der Waals surface area (Å²) in [5, 5.41) is 12.1. The SMILES string of the molecule is C=CCOc1ccc(C2C(C(=O)c3cc4cccc(OC)c4o3)=C(O)C(=O)N2c2nc3ccc(OC)cc3s2)cc1. The summed E-state index contributed by atoms with van der Waals surface area (Å²) in [6.45, 7) is 3.98. The Morgan fingerprint density at radius 1 is 1.10 bits per heavy atom. The monoisotopic (exact) mass is 568 g/mol. The predicted octanol–water partition coefficient (Wildman–Crippen LogP) is 6.41. The molecule has 1 N–H and O–H groups in total. The molecule has 1 atom stereocenters. The van der Waals surface area contributed by atoms with Crippen LogP contribution >= 0.6 is 11.3 Å². The Labute approximate surface area is 238 Å². The largest absolute Gasteiger partial charge is 0.503 e. The maximum absolute atomic E-state index is 14.0. The van der Waals surface area contributed by atoms with Gasteiger partial charge >= 0.3 is 0 Å². The number of benzene rings is 3. The van der Waals surface area contributed by atoms with Gasteiger partial charge in [0.25, 0.3) is 5.91 Å². The molecule has 0 saturated carbocycles. The molecule has 3 aromatic carbocycles. The third-order valence-corrected chi connectivity index (χ3v) is 7.78. The summed E-state index contributed by atoms with van der Waals surface area (Å²) in [5.74, 6) is -0.393. The van der Waals surface area contributed by atoms with Crippen LogP contribution in [0.5, 0.6) is 17.2 Å². The second-order valence-electron chi connectivity index (χ2n) is 9.16. The van der Waals surface area contributed by atoms with Crippen LogP contribution in [-0.4, -0.2) is 42.6 Å². The van der Waals surface area contributed by atoms with E-state index < -0.39 is 23.5 Å². The van der Waals surface area contributed by atoms with Crippen LogP contribution in [0, 0.1) is 0 Å². The first-order valence-electron chi connectivity index (χ1n) is 12.6. The number of methoxy groups -OCH3 is 2. The number of Topliss-reactive ketones (excluding diaryl/α,β-unsaturated/α-hetero) is 1. The number of rotatable bonds is 9. The zero-order chi connectivity index (χ0) is 28.7. The van der Waals surface area contributed by atoms with Crippen LogP contribution in [0.2, 0.25) is 0 Å². The number of furan rings is 1. The fourth-order valence-electron chi connectivity index (χ4n) is 4.82. The number of ketones is 1. The number of nitrogens with zero attached hydrogens (tertiary/aromatic N) is 2. The maximum atomic E-state index is 14.0. The van der Waals surface area contributed by atoms with Crippen LogP contribution in [0.3, 0.4) is 0 Å². The number of fused-ring (bicyclic) bond motifs is 2. The lowest BCUT2D eigenvalue weighted by atomic mass is 9.95. The molecule has 1 unspecified atom stereocenters. The van der Waals surface area contributed by atoms with Gasteiger partial charge in [0.05, 0.1) is 36.1 Å². The third-order valence-electron chi connectivity index (χ3n) is 6.76. The molecule has 1 aliphatic heterocycles. The number of aliphatic hydroxyl groups is 1. The van der Waals surface area contributed by atoms with Gasteiger partial charge in [-0.2, -0.15) is 0 Å². The van der Waals surface area contributed by atoms with Crippen LogP contribution in [0.4, 0.5) is 5.13 Å². The highest BCUT2D eigenvalue weighted by Gasteiger charge is 2.46. The van der Waals surface area contributed by atoms with E-state index in [0.29, 0.717) is 51.0 Å². The summed E-state index contributed by atoms with van der Waals surface area (Å²) in [5.41, 5.74) is 1.49. The predicted molar refractivity (Wildman–Crippen MR) is 155 cm³/mol. The average Bonchev–Trinajstić information content (AvgIpc) is 3.69. The molecule has 3 heterocycles. The minimum Gasteiger partial charge on any atom is -0.503 e. The maximum Gasteiger partial charge on any atom is 0.296 e. The van der Waals surface area contributed by atoms with Crippen molar-refractivity contribution in [1.82, 2.24) is 4.98 Å². The molecule has 0 aliphatic carbocycles. The highest BCUT2D eigenvalue weighted by molar-refractivity contribution is 7.22. The van der Waals surface area contributed by atoms with Gasteiger partial charge in [-0.25, -0.2) is 4.98 Å². The van der Waals surface area contributed by atoms with E-state index in [-0.39, 0.29) is 11.3 Å². The van der Waals surface area contributed by atoms with E-state index in [4.69, 9.17) is 18.6 Å². The number of carbonyl (C=O) groups excluding carboxylic acids is 2. The highest BCUT2D eigenvalue weighted by Crippen LogP contribution is 2.45. The fourth-order valence-corrected chi connectivity index (χ4v) is 5.84. The van der Waals surface area contributed by atoms with Crippen LogP contribution in [0.1, 0.15) is 22.2 Å². The molecule has 1 amide bonds. The third kappa shape index (κ3) is 4.48. The molecule has 2 aromatic heterocycles. The van der Waals surface area contributed by atoms with Gasteiger partial charge in [-0.3, -0.25) is 14.5 Å². The quantitative estimate of drug-likeness (QED) is 0.160. The molecule has 10 heteroatoms. The lowest BCUT2D eigenvalue weighted by Gasteiger charge is -2.24. The van der Waals surface area contributed by atoms with Crippen molar-refractivity contribution in [3.8, 4) is 17.2 Å². The van der Waals surface area contributed by atoms with E-state index in [1.165, 1.54) is 23.3 Å². The number of anilines is 1. The van der Waals surface area contributed by atoms with Crippen LogP contribution in [-0.2, 0) is 4.79 Å². The lowest BCUT2D eigenvalue weighted by Crippen LogP contribution is -2.30. The minimum atomic E-state index is -0.985. The normalized spacial score (nSPS) is 15.1. The van der Waals surface area contributed by atoms with Gasteiger partial charge in [0.2, 0.25) is 5.78 Å². The number of hydrogen-bond acceptors (Lipinski definition) is 9. The number of para-hydroxylation sites is 1. The number of aromatic nitrogens is 1. The lowest BCUT2D eigenvalue weighted by molar-refractivity contribution is -0.117. The molecule has 0 spiro atoms. The average molecular weight is 569 g/mol. The molecule has 0 saturated heterocycles. The Bertz CT molecular complexity index is 1850. The summed E-state index contributed by atoms with van der Waals surface area (Å²) in [4.78, 5) is 33.6. The Hall–Kier alpha value is -5.09. The number of thiazole rings is 1. The van der Waals surface area contributed by atoms with Gasteiger partial charge in [0.1, 0.15) is 18.1 Å². The molecule has 1 aliphatic rings. The van der Waals surface area contributed by atoms with E-state index in [2.05, 4.69) is 11.6 Å². The van der Waals surface area contributed by atoms with E-state index in [1.807, 2.05) is 6.07 Å². The van der Waals surface area contributed by atoms with Crippen molar-refractivity contribution in [2.45, 2.75) is 6.04 Å². The van der Waals surface area contributed by atoms with Gasteiger partial charge < -0.3 is 23.7 Å². The van der Waals surface area contributed by atoms with E-state index in [0.717, 1.165) is 4.70 Å². The molecular formula is C31H24N2O7S. The summed E-state index contributed by atoms with van der Waals surface area (Å²) < 4.78 is 23.0. The number of amides is 1. The summed E-state index contributed by atoms with van der Waals surface area (Å²) in [6.07, 6.45) is 1.63. The van der Waals surface area contributed by atoms with E-state index in [9.17, 15) is 14.7 Å². The molecule has 6 rings (SSSR count). The molecule has 206 valence electrons. The van der Waals surface area contributed by atoms with Crippen molar-refractivity contribution in [2.75, 3.05) is 25.7 Å². The number of aliphatic hydroxyl groups excluding tert-OH is 1. The molecule has 0 fully saturated rings. The zero-order valence-electron chi connectivity index (χ0n) is 22.1. The topological polar surface area (TPSA) is 111 Å². The molecule has 0 radical (unpaired) electrons. The Morgan fingerprint density at radius 2 is 1.88 bits per heavy atom. The minimum absolute atomic E-state index is 0.0364. The molecular weight excluding hydrogens is 544 g/mol. The van der Waals surface area contributed by atoms with Crippen molar-refractivity contribution in [2.24, 2.45) is 0 Å². The molecule has 9 nitrogen and oxygen atoms in total. The Kier molecular flexibility index (Phi) is 6.68. The van der Waals surface area contributed by atoms with Crippen LogP contribution in [0.25, 0.3) is 21.2 Å². The molecule has 5 aromatic rings. The van der Waals surface area contributed by atoms with E-state index in [1.54, 1.807) is 73.8 Å². The first kappa shape index (κ1) is 26.1. The van der Waals surface area contributed by atoms with Crippen LogP contribution < -0.4 is 19.1 Å². The zero-order valence-corrected chi connectivity index (χ0v) is 22.9.